The van der Waals surface area contributed by atoms with Crippen molar-refractivity contribution >= 4 is 12.0 Å². The molecule has 28 heavy (non-hydrogen) atoms. The van der Waals surface area contributed by atoms with E-state index in [0.29, 0.717) is 26.3 Å². The number of ether oxygens (including phenoxy) is 2. The highest BCUT2D eigenvalue weighted by molar-refractivity contribution is 5.87. The molecule has 0 spiro atoms. The van der Waals surface area contributed by atoms with Gasteiger partial charge in [-0.2, -0.15) is 0 Å². The molecule has 0 atom stereocenters. The molecule has 3 N–H and O–H groups in total. The van der Waals surface area contributed by atoms with Crippen molar-refractivity contribution < 1.29 is 24.2 Å². The van der Waals surface area contributed by atoms with Gasteiger partial charge in [0.05, 0.1) is 12.2 Å². The van der Waals surface area contributed by atoms with Crippen LogP contribution in [-0.2, 0) is 17.8 Å². The second-order valence-corrected chi connectivity index (χ2v) is 6.34. The van der Waals surface area contributed by atoms with E-state index in [1.807, 2.05) is 25.1 Å². The van der Waals surface area contributed by atoms with Crippen molar-refractivity contribution in [3.63, 3.8) is 0 Å². The summed E-state index contributed by atoms with van der Waals surface area (Å²) in [7, 11) is 1.65. The molecule has 0 radical (unpaired) electrons. The van der Waals surface area contributed by atoms with E-state index in [-0.39, 0.29) is 11.6 Å². The van der Waals surface area contributed by atoms with Gasteiger partial charge in [-0.15, -0.1) is 0 Å². The summed E-state index contributed by atoms with van der Waals surface area (Å²) < 4.78 is 10.8. The maximum atomic E-state index is 12.1. The van der Waals surface area contributed by atoms with Crippen LogP contribution in [-0.4, -0.2) is 37.4 Å². The molecule has 2 rings (SSSR count). The van der Waals surface area contributed by atoms with Gasteiger partial charge >= 0.3 is 12.0 Å². The Balaban J connectivity index is 1.83. The Morgan fingerprint density at radius 1 is 1.00 bits per heavy atom. The normalized spacial score (nSPS) is 10.4. The highest BCUT2D eigenvalue weighted by atomic mass is 16.5. The maximum Gasteiger partial charge on any atom is 0.335 e. The monoisotopic (exact) mass is 386 g/mol. The first-order valence-corrected chi connectivity index (χ1v) is 9.05. The summed E-state index contributed by atoms with van der Waals surface area (Å²) in [5.74, 6) is -0.226. The molecule has 0 saturated carbocycles. The molecule has 150 valence electrons. The number of urea groups is 1. The summed E-state index contributed by atoms with van der Waals surface area (Å²) in [6.45, 7) is 3.81. The molecule has 0 heterocycles. The molecule has 0 saturated heterocycles. The second kappa shape index (κ2) is 10.9. The number of aryl methyl sites for hydroxylation is 1. The van der Waals surface area contributed by atoms with Crippen molar-refractivity contribution in [3.8, 4) is 5.75 Å². The second-order valence-electron chi connectivity index (χ2n) is 6.34. The standard InChI is InChI=1S/C21H26N2O5/c1-15-4-7-18(19(12-15)28-11-3-10-27-2)14-23-21(26)22-13-16-5-8-17(9-6-16)20(24)25/h4-9,12H,3,10-11,13-14H2,1-2H3,(H,24,25)(H2,22,23,26). The zero-order chi connectivity index (χ0) is 20.4. The van der Waals surface area contributed by atoms with Crippen molar-refractivity contribution in [2.45, 2.75) is 26.4 Å². The Kier molecular flexibility index (Phi) is 8.30. The first-order valence-electron chi connectivity index (χ1n) is 9.05. The fourth-order valence-corrected chi connectivity index (χ4v) is 2.51. The number of amides is 2. The van der Waals surface area contributed by atoms with Gasteiger partial charge in [0.15, 0.2) is 0 Å². The predicted octanol–water partition coefficient (Wildman–Crippen LogP) is 3.11. The molecule has 0 fully saturated rings. The van der Waals surface area contributed by atoms with Crippen molar-refractivity contribution in [2.75, 3.05) is 20.3 Å². The highest BCUT2D eigenvalue weighted by Crippen LogP contribution is 2.20. The number of methoxy groups -OCH3 is 1. The number of benzene rings is 2. The quantitative estimate of drug-likeness (QED) is 0.545. The number of carboxylic acids is 1. The lowest BCUT2D eigenvalue weighted by atomic mass is 10.1. The molecule has 0 unspecified atom stereocenters. The molecule has 0 bridgehead atoms. The summed E-state index contributed by atoms with van der Waals surface area (Å²) in [5, 5.41) is 14.5. The first-order chi connectivity index (χ1) is 13.5. The fraction of sp³-hybridized carbons (Fsp3) is 0.333. The Labute approximate surface area is 164 Å². The summed E-state index contributed by atoms with van der Waals surface area (Å²) in [4.78, 5) is 22.9. The van der Waals surface area contributed by atoms with Crippen LogP contribution < -0.4 is 15.4 Å². The van der Waals surface area contributed by atoms with Crippen molar-refractivity contribution in [3.05, 3.63) is 64.7 Å². The Morgan fingerprint density at radius 2 is 1.71 bits per heavy atom. The zero-order valence-electron chi connectivity index (χ0n) is 16.2. The number of carbonyl (C=O) groups excluding carboxylic acids is 1. The van der Waals surface area contributed by atoms with E-state index < -0.39 is 5.97 Å². The first kappa shape index (κ1) is 21.2. The smallest absolute Gasteiger partial charge is 0.335 e. The van der Waals surface area contributed by atoms with Crippen LogP contribution in [0.1, 0.15) is 33.5 Å². The van der Waals surface area contributed by atoms with E-state index in [0.717, 1.165) is 28.9 Å². The van der Waals surface area contributed by atoms with Crippen LogP contribution >= 0.6 is 0 Å². The van der Waals surface area contributed by atoms with Crippen LogP contribution in [0, 0.1) is 6.92 Å². The van der Waals surface area contributed by atoms with E-state index in [2.05, 4.69) is 10.6 Å². The average Bonchev–Trinajstić information content (AvgIpc) is 2.69. The van der Waals surface area contributed by atoms with Gasteiger partial charge in [0.25, 0.3) is 0 Å². The van der Waals surface area contributed by atoms with Crippen LogP contribution in [0.5, 0.6) is 5.75 Å². The molecular formula is C21H26N2O5. The van der Waals surface area contributed by atoms with Gasteiger partial charge < -0.3 is 25.2 Å². The SMILES string of the molecule is COCCCOc1cc(C)ccc1CNC(=O)NCc1ccc(C(=O)O)cc1. The summed E-state index contributed by atoms with van der Waals surface area (Å²) in [5.41, 5.74) is 3.01. The van der Waals surface area contributed by atoms with Gasteiger partial charge in [0.1, 0.15) is 5.75 Å². The summed E-state index contributed by atoms with van der Waals surface area (Å²) >= 11 is 0. The molecule has 2 amide bonds. The van der Waals surface area contributed by atoms with Crippen LogP contribution in [0.2, 0.25) is 0 Å². The third-order valence-corrected chi connectivity index (χ3v) is 4.07. The van der Waals surface area contributed by atoms with Crippen LogP contribution in [0.15, 0.2) is 42.5 Å². The molecule has 7 nitrogen and oxygen atoms in total. The highest BCUT2D eigenvalue weighted by Gasteiger charge is 2.07. The maximum absolute atomic E-state index is 12.1. The number of nitrogens with one attached hydrogen (secondary N) is 2. The molecular weight excluding hydrogens is 360 g/mol. The molecule has 0 aliphatic rings. The van der Waals surface area contributed by atoms with Gasteiger partial charge in [-0.25, -0.2) is 9.59 Å². The molecule has 2 aromatic rings. The molecule has 0 aromatic heterocycles. The lowest BCUT2D eigenvalue weighted by Crippen LogP contribution is -2.34. The van der Waals surface area contributed by atoms with Crippen LogP contribution in [0.25, 0.3) is 0 Å². The zero-order valence-corrected chi connectivity index (χ0v) is 16.2. The van der Waals surface area contributed by atoms with Gasteiger partial charge in [-0.1, -0.05) is 24.3 Å². The fourth-order valence-electron chi connectivity index (χ4n) is 2.51. The summed E-state index contributed by atoms with van der Waals surface area (Å²) in [6, 6.07) is 11.9. The van der Waals surface area contributed by atoms with Crippen LogP contribution in [0.4, 0.5) is 4.79 Å². The Hall–Kier alpha value is -3.06. The molecule has 0 aliphatic carbocycles. The minimum absolute atomic E-state index is 0.214. The minimum atomic E-state index is -0.976. The lowest BCUT2D eigenvalue weighted by molar-refractivity contribution is 0.0697. The van der Waals surface area contributed by atoms with Gasteiger partial charge in [0.2, 0.25) is 0 Å². The minimum Gasteiger partial charge on any atom is -0.493 e. The number of carbonyl (C=O) groups is 2. The number of hydrogen-bond acceptors (Lipinski definition) is 4. The average molecular weight is 386 g/mol. The third-order valence-electron chi connectivity index (χ3n) is 4.07. The summed E-state index contributed by atoms with van der Waals surface area (Å²) in [6.07, 6.45) is 0.790. The molecule has 0 aliphatic heterocycles. The topological polar surface area (TPSA) is 96.9 Å². The van der Waals surface area contributed by atoms with E-state index in [9.17, 15) is 9.59 Å². The molecule has 7 heteroatoms. The van der Waals surface area contributed by atoms with Gasteiger partial charge in [-0.3, -0.25) is 0 Å². The number of rotatable bonds is 10. The van der Waals surface area contributed by atoms with Crippen LogP contribution in [0.3, 0.4) is 0 Å². The Morgan fingerprint density at radius 3 is 2.39 bits per heavy atom. The van der Waals surface area contributed by atoms with E-state index in [1.54, 1.807) is 19.2 Å². The van der Waals surface area contributed by atoms with Crippen molar-refractivity contribution in [1.29, 1.82) is 0 Å². The van der Waals surface area contributed by atoms with E-state index >= 15 is 0 Å². The van der Waals surface area contributed by atoms with E-state index in [1.165, 1.54) is 12.1 Å². The van der Waals surface area contributed by atoms with Crippen molar-refractivity contribution in [2.24, 2.45) is 0 Å². The van der Waals surface area contributed by atoms with Gasteiger partial charge in [-0.05, 0) is 36.2 Å². The predicted molar refractivity (Wildman–Crippen MR) is 106 cm³/mol. The number of carboxylic acid groups (broad SMARTS) is 1. The van der Waals surface area contributed by atoms with E-state index in [4.69, 9.17) is 14.6 Å². The van der Waals surface area contributed by atoms with Crippen molar-refractivity contribution in [1.82, 2.24) is 10.6 Å². The number of hydrogen-bond donors (Lipinski definition) is 3. The number of aromatic carboxylic acids is 1. The lowest BCUT2D eigenvalue weighted by Gasteiger charge is -2.14. The molecule has 2 aromatic carbocycles. The van der Waals surface area contributed by atoms with Gasteiger partial charge in [0, 0.05) is 38.8 Å². The Bertz CT molecular complexity index is 790. The third kappa shape index (κ3) is 6.92. The largest absolute Gasteiger partial charge is 0.493 e.